The lowest BCUT2D eigenvalue weighted by Crippen LogP contribution is -2.35. The molecule has 38 heavy (non-hydrogen) atoms. The van der Waals surface area contributed by atoms with E-state index >= 15 is 0 Å². The summed E-state index contributed by atoms with van der Waals surface area (Å²) in [4.78, 5) is 16.0. The largest absolute Gasteiger partial charge is 0.507 e. The van der Waals surface area contributed by atoms with Gasteiger partial charge in [-0.2, -0.15) is 0 Å². The van der Waals surface area contributed by atoms with Crippen LogP contribution in [-0.2, 0) is 4.74 Å². The van der Waals surface area contributed by atoms with E-state index in [1.165, 1.54) is 0 Å². The lowest BCUT2D eigenvalue weighted by atomic mass is 10.1. The minimum Gasteiger partial charge on any atom is -0.507 e. The zero-order chi connectivity index (χ0) is 26.5. The molecule has 2 saturated heterocycles. The summed E-state index contributed by atoms with van der Waals surface area (Å²) in [5, 5.41) is 18.7. The molecule has 2 aliphatic rings. The Morgan fingerprint density at radius 3 is 2.79 bits per heavy atom. The van der Waals surface area contributed by atoms with Gasteiger partial charge in [0.25, 0.3) is 0 Å². The molecule has 10 nitrogen and oxygen atoms in total. The van der Waals surface area contributed by atoms with E-state index in [0.29, 0.717) is 35.5 Å². The number of benzene rings is 1. The number of aromatic hydroxyl groups is 1. The lowest BCUT2D eigenvalue weighted by molar-refractivity contribution is 0.110. The fourth-order valence-electron chi connectivity index (χ4n) is 5.04. The van der Waals surface area contributed by atoms with Crippen LogP contribution in [0, 0.1) is 11.8 Å². The maximum absolute atomic E-state index is 10.3. The van der Waals surface area contributed by atoms with E-state index in [1.807, 2.05) is 24.3 Å². The van der Waals surface area contributed by atoms with Gasteiger partial charge in [-0.05, 0) is 50.0 Å². The average Bonchev–Trinajstić information content (AvgIpc) is 3.31. The summed E-state index contributed by atoms with van der Waals surface area (Å²) in [6.07, 6.45) is 4.04. The van der Waals surface area contributed by atoms with Crippen LogP contribution in [0.2, 0.25) is 0 Å². The van der Waals surface area contributed by atoms with Crippen molar-refractivity contribution >= 4 is 17.3 Å². The molecule has 2 aliphatic heterocycles. The quantitative estimate of drug-likeness (QED) is 0.492. The van der Waals surface area contributed by atoms with Crippen molar-refractivity contribution in [1.82, 2.24) is 25.1 Å². The van der Waals surface area contributed by atoms with E-state index in [1.54, 1.807) is 25.4 Å². The zero-order valence-corrected chi connectivity index (χ0v) is 21.9. The highest BCUT2D eigenvalue weighted by Gasteiger charge is 2.25. The number of methoxy groups -OCH3 is 1. The number of rotatable bonds is 5. The molecule has 5 rings (SSSR count). The van der Waals surface area contributed by atoms with Gasteiger partial charge in [0.2, 0.25) is 5.82 Å². The van der Waals surface area contributed by atoms with Gasteiger partial charge >= 0.3 is 0 Å². The summed E-state index contributed by atoms with van der Waals surface area (Å²) in [5.41, 5.74) is 8.29. The van der Waals surface area contributed by atoms with Crippen LogP contribution in [0.4, 0.5) is 17.3 Å². The highest BCUT2D eigenvalue weighted by Crippen LogP contribution is 2.32. The Balaban J connectivity index is 1.28. The van der Waals surface area contributed by atoms with Crippen molar-refractivity contribution in [3.05, 3.63) is 48.4 Å². The second-order valence-electron chi connectivity index (χ2n) is 9.76. The van der Waals surface area contributed by atoms with Crippen molar-refractivity contribution in [3.8, 4) is 28.8 Å². The van der Waals surface area contributed by atoms with Crippen LogP contribution >= 0.6 is 0 Å². The SMILES string of the molecule is CO[C@H]1CCN(CC#Cc2nccc(N3CCN(c4cc(-c5ccccc5O)nnc4N)CC[C@H]3C)n2)C1. The summed E-state index contributed by atoms with van der Waals surface area (Å²) < 4.78 is 5.44. The summed E-state index contributed by atoms with van der Waals surface area (Å²) >= 11 is 0. The number of para-hydroxylation sites is 1. The maximum atomic E-state index is 10.3. The summed E-state index contributed by atoms with van der Waals surface area (Å²) in [6, 6.07) is 11.2. The number of anilines is 3. The van der Waals surface area contributed by atoms with Crippen molar-refractivity contribution in [1.29, 1.82) is 0 Å². The molecule has 0 saturated carbocycles. The van der Waals surface area contributed by atoms with E-state index in [0.717, 1.165) is 57.1 Å². The number of ether oxygens (including phenoxy) is 1. The summed E-state index contributed by atoms with van der Waals surface area (Å²) in [6.45, 7) is 7.11. The molecule has 0 unspecified atom stereocenters. The van der Waals surface area contributed by atoms with Crippen LogP contribution in [0.1, 0.15) is 25.6 Å². The van der Waals surface area contributed by atoms with Crippen LogP contribution in [0.5, 0.6) is 5.75 Å². The molecule has 0 radical (unpaired) electrons. The molecule has 4 heterocycles. The topological polar surface area (TPSA) is 117 Å². The Morgan fingerprint density at radius 2 is 1.97 bits per heavy atom. The normalized spacial score (nSPS) is 20.2. The molecule has 0 bridgehead atoms. The number of hydrogen-bond donors (Lipinski definition) is 2. The Labute approximate surface area is 223 Å². The molecule has 2 atom stereocenters. The predicted octanol–water partition coefficient (Wildman–Crippen LogP) is 2.40. The second-order valence-corrected chi connectivity index (χ2v) is 9.76. The third-order valence-electron chi connectivity index (χ3n) is 7.28. The van der Waals surface area contributed by atoms with Crippen molar-refractivity contribution in [3.63, 3.8) is 0 Å². The smallest absolute Gasteiger partial charge is 0.206 e. The molecule has 10 heteroatoms. The van der Waals surface area contributed by atoms with Crippen molar-refractivity contribution < 1.29 is 9.84 Å². The van der Waals surface area contributed by atoms with Gasteiger partial charge in [-0.15, -0.1) is 10.2 Å². The molecule has 3 N–H and O–H groups in total. The van der Waals surface area contributed by atoms with Gasteiger partial charge in [-0.25, -0.2) is 9.97 Å². The molecular formula is C28H34N8O2. The Morgan fingerprint density at radius 1 is 1.11 bits per heavy atom. The van der Waals surface area contributed by atoms with Crippen molar-refractivity contribution in [2.45, 2.75) is 31.9 Å². The van der Waals surface area contributed by atoms with E-state index in [4.69, 9.17) is 15.5 Å². The van der Waals surface area contributed by atoms with Crippen LogP contribution in [0.15, 0.2) is 42.6 Å². The fraction of sp³-hybridized carbons (Fsp3) is 0.429. The first-order chi connectivity index (χ1) is 18.5. The molecule has 3 aromatic rings. The van der Waals surface area contributed by atoms with Crippen LogP contribution in [0.3, 0.4) is 0 Å². The lowest BCUT2D eigenvalue weighted by Gasteiger charge is -2.28. The number of phenols is 1. The van der Waals surface area contributed by atoms with Gasteiger partial charge in [0, 0.05) is 57.6 Å². The number of nitrogens with two attached hydrogens (primary N) is 1. The first-order valence-corrected chi connectivity index (χ1v) is 13.0. The average molecular weight is 515 g/mol. The highest BCUT2D eigenvalue weighted by molar-refractivity contribution is 5.74. The number of nitrogen functional groups attached to an aromatic ring is 1. The molecule has 0 amide bonds. The summed E-state index contributed by atoms with van der Waals surface area (Å²) in [7, 11) is 1.76. The number of aromatic nitrogens is 4. The van der Waals surface area contributed by atoms with Crippen molar-refractivity contribution in [2.24, 2.45) is 0 Å². The minimum absolute atomic E-state index is 0.162. The first kappa shape index (κ1) is 25.7. The molecule has 0 spiro atoms. The fourth-order valence-corrected chi connectivity index (χ4v) is 5.04. The van der Waals surface area contributed by atoms with E-state index in [-0.39, 0.29) is 11.8 Å². The zero-order valence-electron chi connectivity index (χ0n) is 21.9. The van der Waals surface area contributed by atoms with Gasteiger partial charge in [0.05, 0.1) is 24.0 Å². The summed E-state index contributed by atoms with van der Waals surface area (Å²) in [5.74, 6) is 8.31. The minimum atomic E-state index is 0.162. The maximum Gasteiger partial charge on any atom is 0.206 e. The van der Waals surface area contributed by atoms with E-state index in [2.05, 4.69) is 48.6 Å². The standard InChI is InChI=1S/C28H34N8O2/c1-20-10-15-35(24-18-23(32-33-28(24)29)22-6-3-4-7-25(22)37)16-17-36(20)27-9-12-30-26(31-27)8-5-13-34-14-11-21(19-34)38-2/h3-4,6-7,9,12,18,20-21,37H,10-11,13-17,19H2,1-2H3,(H2,29,33)/t20-,21+/m1/s1. The Kier molecular flexibility index (Phi) is 7.86. The van der Waals surface area contributed by atoms with Crippen LogP contribution in [-0.4, -0.2) is 88.7 Å². The van der Waals surface area contributed by atoms with E-state index in [9.17, 15) is 5.11 Å². The third-order valence-corrected chi connectivity index (χ3v) is 7.28. The monoisotopic (exact) mass is 514 g/mol. The van der Waals surface area contributed by atoms with Crippen molar-refractivity contribution in [2.75, 3.05) is 61.9 Å². The second kappa shape index (κ2) is 11.6. The van der Waals surface area contributed by atoms with Crippen LogP contribution < -0.4 is 15.5 Å². The van der Waals surface area contributed by atoms with Gasteiger partial charge in [-0.3, -0.25) is 4.90 Å². The highest BCUT2D eigenvalue weighted by atomic mass is 16.5. The van der Waals surface area contributed by atoms with E-state index < -0.39 is 0 Å². The number of hydrogen-bond acceptors (Lipinski definition) is 10. The molecule has 2 fully saturated rings. The number of likely N-dealkylation sites (tertiary alicyclic amines) is 1. The molecule has 2 aromatic heterocycles. The van der Waals surface area contributed by atoms with Gasteiger partial charge in [0.15, 0.2) is 5.82 Å². The van der Waals surface area contributed by atoms with Gasteiger partial charge in [-0.1, -0.05) is 18.1 Å². The Hall–Kier alpha value is -3.94. The molecular weight excluding hydrogens is 480 g/mol. The van der Waals surface area contributed by atoms with Gasteiger partial charge < -0.3 is 25.4 Å². The molecule has 0 aliphatic carbocycles. The molecule has 1 aromatic carbocycles. The van der Waals surface area contributed by atoms with Gasteiger partial charge in [0.1, 0.15) is 11.6 Å². The van der Waals surface area contributed by atoms with Crippen LogP contribution in [0.25, 0.3) is 11.3 Å². The third kappa shape index (κ3) is 5.79. The first-order valence-electron chi connectivity index (χ1n) is 13.0. The molecule has 198 valence electrons. The number of nitrogens with zero attached hydrogens (tertiary/aromatic N) is 7. The Bertz CT molecular complexity index is 1320. The predicted molar refractivity (Wildman–Crippen MR) is 148 cm³/mol. The number of phenolic OH excluding ortho intramolecular Hbond substituents is 1.